The maximum absolute atomic E-state index is 6.51. The average Bonchev–Trinajstić information content (AvgIpc) is 3.11. The first-order valence-electron chi connectivity index (χ1n) is 15.4. The van der Waals surface area contributed by atoms with Crippen molar-refractivity contribution in [2.75, 3.05) is 0 Å². The molecule has 0 N–H and O–H groups in total. The van der Waals surface area contributed by atoms with Gasteiger partial charge in [0.2, 0.25) is 0 Å². The third-order valence-electron chi connectivity index (χ3n) is 9.46. The molecule has 10 rings (SSSR count). The van der Waals surface area contributed by atoms with Crippen molar-refractivity contribution < 1.29 is 4.74 Å². The zero-order valence-corrected chi connectivity index (χ0v) is 24.3. The molecule has 0 bridgehead atoms. The number of ether oxygens (including phenoxy) is 1. The highest BCUT2D eigenvalue weighted by molar-refractivity contribution is 6.32. The molecule has 0 unspecified atom stereocenters. The van der Waals surface area contributed by atoms with Crippen LogP contribution < -0.4 is 4.74 Å². The summed E-state index contributed by atoms with van der Waals surface area (Å²) >= 11 is 0. The second-order valence-electron chi connectivity index (χ2n) is 11.9. The van der Waals surface area contributed by atoms with Gasteiger partial charge in [0.25, 0.3) is 0 Å². The topological polar surface area (TPSA) is 9.23 Å². The van der Waals surface area contributed by atoms with Crippen LogP contribution in [0.4, 0.5) is 0 Å². The maximum Gasteiger partial charge on any atom is 0.135 e. The summed E-state index contributed by atoms with van der Waals surface area (Å²) < 4.78 is 6.51. The summed E-state index contributed by atoms with van der Waals surface area (Å²) in [6.07, 6.45) is 0. The molecule has 0 atom stereocenters. The van der Waals surface area contributed by atoms with Gasteiger partial charge in [-0.15, -0.1) is 0 Å². The lowest BCUT2D eigenvalue weighted by Gasteiger charge is -2.24. The Morgan fingerprint density at radius 3 is 2.09 bits per heavy atom. The molecular formula is C44H24O. The van der Waals surface area contributed by atoms with Crippen LogP contribution in [0, 0.1) is 12.1 Å². The third-order valence-corrected chi connectivity index (χ3v) is 9.46. The Bertz CT molecular complexity index is 2660. The van der Waals surface area contributed by atoms with E-state index in [4.69, 9.17) is 4.74 Å². The van der Waals surface area contributed by atoms with E-state index in [1.807, 2.05) is 6.07 Å². The molecular weight excluding hydrogens is 544 g/mol. The van der Waals surface area contributed by atoms with Gasteiger partial charge in [-0.25, -0.2) is 0 Å². The Kier molecular flexibility index (Phi) is 4.98. The third kappa shape index (κ3) is 3.46. The normalized spacial score (nSPS) is 12.0. The minimum absolute atomic E-state index is 0.889. The Morgan fingerprint density at radius 1 is 0.422 bits per heavy atom. The molecule has 9 aromatic rings. The first-order valence-corrected chi connectivity index (χ1v) is 15.4. The van der Waals surface area contributed by atoms with E-state index in [9.17, 15) is 0 Å². The minimum Gasteiger partial charge on any atom is -0.456 e. The van der Waals surface area contributed by atoms with Crippen molar-refractivity contribution >= 4 is 53.9 Å². The summed E-state index contributed by atoms with van der Waals surface area (Å²) in [6, 6.07) is 58.9. The van der Waals surface area contributed by atoms with Crippen LogP contribution in [0.25, 0.3) is 87.2 Å². The molecule has 0 saturated carbocycles. The molecule has 1 nitrogen and oxygen atoms in total. The lowest BCUT2D eigenvalue weighted by atomic mass is 9.82. The highest BCUT2D eigenvalue weighted by atomic mass is 16.5. The molecule has 0 radical (unpaired) electrons. The van der Waals surface area contributed by atoms with Crippen LogP contribution in [0.3, 0.4) is 0 Å². The summed E-state index contributed by atoms with van der Waals surface area (Å²) in [5, 5.41) is 12.0. The predicted molar refractivity (Wildman–Crippen MR) is 188 cm³/mol. The van der Waals surface area contributed by atoms with Crippen molar-refractivity contribution in [1.82, 2.24) is 0 Å². The van der Waals surface area contributed by atoms with Crippen molar-refractivity contribution in [3.05, 3.63) is 158 Å². The number of benzene rings is 8. The van der Waals surface area contributed by atoms with E-state index in [1.54, 1.807) is 0 Å². The second-order valence-corrected chi connectivity index (χ2v) is 11.9. The molecule has 1 aliphatic heterocycles. The molecule has 1 aliphatic rings. The number of hydrogen-bond acceptors (Lipinski definition) is 1. The average molecular weight is 569 g/mol. The van der Waals surface area contributed by atoms with E-state index in [-0.39, 0.29) is 0 Å². The van der Waals surface area contributed by atoms with Crippen LogP contribution in [0.2, 0.25) is 0 Å². The van der Waals surface area contributed by atoms with Gasteiger partial charge in [-0.3, -0.25) is 0 Å². The van der Waals surface area contributed by atoms with Crippen molar-refractivity contribution in [3.8, 4) is 44.9 Å². The Hall–Kier alpha value is -6.10. The zero-order chi connectivity index (χ0) is 29.5. The van der Waals surface area contributed by atoms with Gasteiger partial charge in [0.05, 0.1) is 0 Å². The van der Waals surface area contributed by atoms with E-state index in [0.29, 0.717) is 0 Å². The van der Waals surface area contributed by atoms with E-state index in [2.05, 4.69) is 152 Å². The number of rotatable bonds is 2. The molecule has 0 saturated heterocycles. The van der Waals surface area contributed by atoms with Crippen molar-refractivity contribution in [1.29, 1.82) is 0 Å². The molecule has 1 heteroatoms. The molecule has 0 amide bonds. The van der Waals surface area contributed by atoms with Crippen LogP contribution in [-0.2, 0) is 0 Å². The summed E-state index contributed by atoms with van der Waals surface area (Å²) in [5.41, 5.74) is 7.19. The SMILES string of the molecule is c1ccc2c(c#1)ccc1c(-c3ccc4c(c3)-c3cccc5cccc(c35)O4)c3c(ccc4ccccc43)c(-c3ccccc3)c12. The lowest BCUT2D eigenvalue weighted by molar-refractivity contribution is 0.487. The van der Waals surface area contributed by atoms with Crippen molar-refractivity contribution in [2.45, 2.75) is 0 Å². The molecule has 206 valence electrons. The van der Waals surface area contributed by atoms with Crippen LogP contribution in [0.5, 0.6) is 11.5 Å². The van der Waals surface area contributed by atoms with Gasteiger partial charge in [0.1, 0.15) is 11.5 Å². The van der Waals surface area contributed by atoms with E-state index < -0.39 is 0 Å². The summed E-state index contributed by atoms with van der Waals surface area (Å²) in [6.45, 7) is 0. The monoisotopic (exact) mass is 568 g/mol. The fourth-order valence-corrected chi connectivity index (χ4v) is 7.57. The molecule has 45 heavy (non-hydrogen) atoms. The van der Waals surface area contributed by atoms with Crippen LogP contribution >= 0.6 is 0 Å². The van der Waals surface area contributed by atoms with Gasteiger partial charge in [-0.2, -0.15) is 0 Å². The molecule has 0 spiro atoms. The Morgan fingerprint density at radius 2 is 1.18 bits per heavy atom. The van der Waals surface area contributed by atoms with Crippen molar-refractivity contribution in [2.24, 2.45) is 0 Å². The molecule has 0 aliphatic carbocycles. The van der Waals surface area contributed by atoms with E-state index >= 15 is 0 Å². The standard InChI is InChI=1S/C44H24O/c1-2-12-30(13-3-1)41-35-23-20-28-11-5-7-17-33(28)44(35)42(36-24-21-27-10-4-6-16-32(27)43(36)41)31-22-25-38-37(26-31)34-18-8-14-29-15-9-19-39(45-38)40(29)34/h1-3,5-9,11-26H. The predicted octanol–water partition coefficient (Wildman–Crippen LogP) is 12.2. The number of fused-ring (bicyclic) bond motifs is 8. The second kappa shape index (κ2) is 9.20. The Balaban J connectivity index is 1.41. The fourth-order valence-electron chi connectivity index (χ4n) is 7.57. The van der Waals surface area contributed by atoms with Gasteiger partial charge in [-0.05, 0) is 107 Å². The Labute approximate surface area is 260 Å². The van der Waals surface area contributed by atoms with Gasteiger partial charge >= 0.3 is 0 Å². The minimum atomic E-state index is 0.889. The smallest absolute Gasteiger partial charge is 0.135 e. The first kappa shape index (κ1) is 24.4. The highest BCUT2D eigenvalue weighted by Crippen LogP contribution is 2.51. The summed E-state index contributed by atoms with van der Waals surface area (Å²) in [7, 11) is 0. The van der Waals surface area contributed by atoms with Crippen LogP contribution in [-0.4, -0.2) is 0 Å². The molecule has 9 aromatic carbocycles. The lowest BCUT2D eigenvalue weighted by Crippen LogP contribution is -1.98. The summed E-state index contributed by atoms with van der Waals surface area (Å²) in [5.74, 6) is 1.80. The zero-order valence-electron chi connectivity index (χ0n) is 24.3. The maximum atomic E-state index is 6.51. The van der Waals surface area contributed by atoms with Crippen molar-refractivity contribution in [3.63, 3.8) is 0 Å². The number of hydrogen-bond donors (Lipinski definition) is 0. The van der Waals surface area contributed by atoms with E-state index in [0.717, 1.165) is 22.4 Å². The largest absolute Gasteiger partial charge is 0.456 e. The van der Waals surface area contributed by atoms with Crippen LogP contribution in [0.15, 0.2) is 146 Å². The van der Waals surface area contributed by atoms with Gasteiger partial charge in [0.15, 0.2) is 0 Å². The molecule has 0 aromatic heterocycles. The van der Waals surface area contributed by atoms with Crippen LogP contribution in [0.1, 0.15) is 0 Å². The van der Waals surface area contributed by atoms with Gasteiger partial charge in [0, 0.05) is 16.3 Å². The quantitative estimate of drug-likeness (QED) is 0.149. The van der Waals surface area contributed by atoms with Gasteiger partial charge in [-0.1, -0.05) is 121 Å². The summed E-state index contributed by atoms with van der Waals surface area (Å²) in [4.78, 5) is 0. The van der Waals surface area contributed by atoms with Gasteiger partial charge < -0.3 is 4.74 Å². The molecule has 0 fully saturated rings. The first-order chi connectivity index (χ1) is 22.3. The molecule has 1 heterocycles. The highest BCUT2D eigenvalue weighted by Gasteiger charge is 2.24. The van der Waals surface area contributed by atoms with E-state index in [1.165, 1.54) is 76.3 Å². The fraction of sp³-hybridized carbons (Fsp3) is 0.